The van der Waals surface area contributed by atoms with Crippen molar-refractivity contribution in [3.63, 3.8) is 0 Å². The van der Waals surface area contributed by atoms with Crippen LogP contribution in [0.15, 0.2) is 47.0 Å². The second-order valence-corrected chi connectivity index (χ2v) is 6.76. The number of nitrogens with zero attached hydrogens (tertiary/aromatic N) is 3. The maximum atomic E-state index is 13.5. The van der Waals surface area contributed by atoms with Crippen LogP contribution in [0.25, 0.3) is 0 Å². The molecule has 5 heterocycles. The van der Waals surface area contributed by atoms with Gasteiger partial charge in [-0.05, 0) is 30.3 Å². The third-order valence-electron chi connectivity index (χ3n) is 5.16. The minimum Gasteiger partial charge on any atom is -0.490 e. The Balaban J connectivity index is 1.56. The van der Waals surface area contributed by atoms with Gasteiger partial charge in [0.05, 0.1) is 12.8 Å². The molecular formula is C19H14F3N3O4. The van der Waals surface area contributed by atoms with Gasteiger partial charge in [-0.3, -0.25) is 9.47 Å². The summed E-state index contributed by atoms with van der Waals surface area (Å²) in [6.45, 7) is -0.133. The maximum Gasteiger partial charge on any atom is 0.449 e. The summed E-state index contributed by atoms with van der Waals surface area (Å²) in [5.41, 5.74) is -0.170. The second-order valence-electron chi connectivity index (χ2n) is 6.76. The molecule has 0 bridgehead atoms. The topological polar surface area (TPSA) is 69.7 Å². The van der Waals surface area contributed by atoms with Crippen LogP contribution in [-0.4, -0.2) is 29.3 Å². The second kappa shape index (κ2) is 5.79. The predicted octanol–water partition coefficient (Wildman–Crippen LogP) is 2.86. The summed E-state index contributed by atoms with van der Waals surface area (Å²) in [6, 6.07) is 8.89. The zero-order valence-corrected chi connectivity index (χ0v) is 15.1. The Hall–Kier alpha value is -3.43. The summed E-state index contributed by atoms with van der Waals surface area (Å²) >= 11 is 0. The van der Waals surface area contributed by atoms with Crippen molar-refractivity contribution in [2.75, 3.05) is 18.7 Å². The summed E-state index contributed by atoms with van der Waals surface area (Å²) in [6.07, 6.45) is -2.93. The van der Waals surface area contributed by atoms with Gasteiger partial charge in [-0.25, -0.2) is 9.99 Å². The average Bonchev–Trinajstić information content (AvgIpc) is 3.44. The molecule has 0 radical (unpaired) electrons. The number of carbonyl (C=O) groups is 1. The monoisotopic (exact) mass is 405 g/mol. The number of furan rings is 1. The molecule has 150 valence electrons. The van der Waals surface area contributed by atoms with Gasteiger partial charge in [0, 0.05) is 12.3 Å². The first kappa shape index (κ1) is 17.7. The minimum atomic E-state index is -4.59. The van der Waals surface area contributed by atoms with E-state index in [1.54, 1.807) is 35.1 Å². The Morgan fingerprint density at radius 1 is 1.24 bits per heavy atom. The molecule has 0 saturated carbocycles. The van der Waals surface area contributed by atoms with Crippen LogP contribution in [0.3, 0.4) is 0 Å². The molecule has 1 spiro atoms. The number of alkyl halides is 3. The lowest BCUT2D eigenvalue weighted by Crippen LogP contribution is -2.44. The zero-order valence-electron chi connectivity index (χ0n) is 15.1. The molecule has 7 nitrogen and oxygen atoms in total. The van der Waals surface area contributed by atoms with Crippen molar-refractivity contribution in [2.24, 2.45) is 0 Å². The van der Waals surface area contributed by atoms with Gasteiger partial charge in [0.25, 0.3) is 5.91 Å². The molecule has 29 heavy (non-hydrogen) atoms. The van der Waals surface area contributed by atoms with E-state index >= 15 is 0 Å². The van der Waals surface area contributed by atoms with Crippen molar-refractivity contribution in [3.05, 3.63) is 65.5 Å². The molecule has 0 aliphatic carbocycles. The largest absolute Gasteiger partial charge is 0.490 e. The molecule has 0 aromatic carbocycles. The van der Waals surface area contributed by atoms with Crippen molar-refractivity contribution < 1.29 is 31.9 Å². The maximum absolute atomic E-state index is 13.5. The highest BCUT2D eigenvalue weighted by atomic mass is 19.4. The Bertz CT molecular complexity index is 1120. The number of hydrogen-bond acceptors (Lipinski definition) is 5. The number of pyridine rings is 1. The first-order valence-corrected chi connectivity index (χ1v) is 8.69. The molecule has 5 rings (SSSR count). The van der Waals surface area contributed by atoms with Crippen LogP contribution >= 0.6 is 0 Å². The van der Waals surface area contributed by atoms with Gasteiger partial charge in [0.1, 0.15) is 30.4 Å². The quantitative estimate of drug-likeness (QED) is 0.670. The van der Waals surface area contributed by atoms with Crippen molar-refractivity contribution in [3.8, 4) is 11.6 Å². The third kappa shape index (κ3) is 2.38. The lowest BCUT2D eigenvalue weighted by atomic mass is 9.82. The molecule has 0 saturated heterocycles. The molecule has 3 aromatic rings. The number of hydrogen-bond donors (Lipinski definition) is 0. The van der Waals surface area contributed by atoms with E-state index < -0.39 is 17.4 Å². The standard InChI is InChI=1S/C19H14F3N3O4/c1-27-15-7-5-12-16(23-15)18(10-28-12)13-3-2-8-24(13)25(17(18)26)9-11-4-6-14(29-11)19(20,21)22/h2-8H,9-10H2,1H3. The summed E-state index contributed by atoms with van der Waals surface area (Å²) < 4.78 is 55.9. The lowest BCUT2D eigenvalue weighted by Gasteiger charge is -2.21. The highest BCUT2D eigenvalue weighted by Crippen LogP contribution is 2.47. The molecule has 2 aliphatic heterocycles. The molecule has 10 heteroatoms. The average molecular weight is 405 g/mol. The minimum absolute atomic E-state index is 0.0140. The normalized spacial score (nSPS) is 20.1. The van der Waals surface area contributed by atoms with Crippen molar-refractivity contribution in [1.82, 2.24) is 9.66 Å². The van der Waals surface area contributed by atoms with Gasteiger partial charge >= 0.3 is 6.18 Å². The van der Waals surface area contributed by atoms with Gasteiger partial charge in [-0.1, -0.05) is 0 Å². The Labute approximate surface area is 162 Å². The number of carbonyl (C=O) groups excluding carboxylic acids is 1. The van der Waals surface area contributed by atoms with Crippen molar-refractivity contribution in [1.29, 1.82) is 0 Å². The number of aromatic nitrogens is 2. The van der Waals surface area contributed by atoms with E-state index in [9.17, 15) is 18.0 Å². The molecule has 1 atom stereocenters. The van der Waals surface area contributed by atoms with Gasteiger partial charge in [0.2, 0.25) is 11.6 Å². The van der Waals surface area contributed by atoms with Crippen LogP contribution in [0.1, 0.15) is 22.9 Å². The summed E-state index contributed by atoms with van der Waals surface area (Å²) in [5, 5.41) is 1.33. The smallest absolute Gasteiger partial charge is 0.449 e. The number of fused-ring (bicyclic) bond motifs is 4. The number of ether oxygens (including phenoxy) is 2. The van der Waals surface area contributed by atoms with E-state index in [-0.39, 0.29) is 24.8 Å². The van der Waals surface area contributed by atoms with Crippen LogP contribution in [0, 0.1) is 0 Å². The molecule has 0 N–H and O–H groups in total. The van der Waals surface area contributed by atoms with E-state index in [1.165, 1.54) is 18.2 Å². The summed E-state index contributed by atoms with van der Waals surface area (Å²) in [5.74, 6) is -0.662. The fraction of sp³-hybridized carbons (Fsp3) is 0.263. The first-order chi connectivity index (χ1) is 13.8. The lowest BCUT2D eigenvalue weighted by molar-refractivity contribution is -0.153. The van der Waals surface area contributed by atoms with Gasteiger partial charge in [-0.15, -0.1) is 0 Å². The molecular weight excluding hydrogens is 391 g/mol. The molecule has 1 amide bonds. The Morgan fingerprint density at radius 2 is 2.07 bits per heavy atom. The number of rotatable bonds is 3. The van der Waals surface area contributed by atoms with Crippen LogP contribution < -0.4 is 14.5 Å². The van der Waals surface area contributed by atoms with E-state index in [0.717, 1.165) is 6.07 Å². The molecule has 0 fully saturated rings. The summed E-state index contributed by atoms with van der Waals surface area (Å²) in [4.78, 5) is 17.9. The Morgan fingerprint density at radius 3 is 2.79 bits per heavy atom. The molecule has 3 aromatic heterocycles. The first-order valence-electron chi connectivity index (χ1n) is 8.69. The van der Waals surface area contributed by atoms with E-state index in [1.807, 2.05) is 0 Å². The van der Waals surface area contributed by atoms with E-state index in [0.29, 0.717) is 23.0 Å². The van der Waals surface area contributed by atoms with Crippen molar-refractivity contribution >= 4 is 5.91 Å². The highest BCUT2D eigenvalue weighted by molar-refractivity contribution is 6.02. The van der Waals surface area contributed by atoms with E-state index in [4.69, 9.17) is 13.9 Å². The molecule has 2 aliphatic rings. The van der Waals surface area contributed by atoms with Crippen LogP contribution in [0.2, 0.25) is 0 Å². The van der Waals surface area contributed by atoms with Gasteiger partial charge < -0.3 is 13.9 Å². The number of methoxy groups -OCH3 is 1. The molecule has 1 unspecified atom stereocenters. The fourth-order valence-corrected chi connectivity index (χ4v) is 3.84. The fourth-order valence-electron chi connectivity index (χ4n) is 3.84. The summed E-state index contributed by atoms with van der Waals surface area (Å²) in [7, 11) is 1.47. The number of amides is 1. The number of halogens is 3. The van der Waals surface area contributed by atoms with Gasteiger partial charge in [-0.2, -0.15) is 13.2 Å². The van der Waals surface area contributed by atoms with Gasteiger partial charge in [0.15, 0.2) is 5.41 Å². The van der Waals surface area contributed by atoms with E-state index in [2.05, 4.69) is 4.98 Å². The van der Waals surface area contributed by atoms with Crippen LogP contribution in [0.4, 0.5) is 13.2 Å². The zero-order chi connectivity index (χ0) is 20.4. The predicted molar refractivity (Wildman–Crippen MR) is 92.1 cm³/mol. The highest BCUT2D eigenvalue weighted by Gasteiger charge is 2.59. The Kier molecular flexibility index (Phi) is 3.52. The van der Waals surface area contributed by atoms with Crippen LogP contribution in [0.5, 0.6) is 11.6 Å². The SMILES string of the molecule is COc1ccc2c(n1)C1(CO2)C(=O)N(Cc2ccc(C(F)(F)F)o2)n2cccc21. The van der Waals surface area contributed by atoms with Crippen molar-refractivity contribution in [2.45, 2.75) is 18.1 Å². The van der Waals surface area contributed by atoms with Crippen LogP contribution in [-0.2, 0) is 22.9 Å². The third-order valence-corrected chi connectivity index (χ3v) is 5.16.